The summed E-state index contributed by atoms with van der Waals surface area (Å²) in [6.07, 6.45) is 6.74. The number of aryl methyl sites for hydroxylation is 2. The molecule has 206 valence electrons. The number of fused-ring (bicyclic) bond motifs is 2. The number of rotatable bonds is 14. The lowest BCUT2D eigenvalue weighted by molar-refractivity contribution is 0.0868. The highest BCUT2D eigenvalue weighted by molar-refractivity contribution is 7.90. The molecule has 1 N–H and O–H groups in total. The average molecular weight is 548 g/mol. The Bertz CT molecular complexity index is 1150. The molecule has 0 saturated heterocycles. The molecule has 2 aromatic rings. The Labute approximate surface area is 224 Å². The number of benzene rings is 1. The molecule has 8 nitrogen and oxygen atoms in total. The first-order valence-electron chi connectivity index (χ1n) is 14.0. The van der Waals surface area contributed by atoms with Gasteiger partial charge in [0, 0.05) is 26.9 Å². The van der Waals surface area contributed by atoms with E-state index in [1.807, 2.05) is 4.57 Å². The van der Waals surface area contributed by atoms with Crippen molar-refractivity contribution >= 4 is 29.5 Å². The molecule has 0 unspecified atom stereocenters. The van der Waals surface area contributed by atoms with Gasteiger partial charge in [-0.15, -0.1) is 10.2 Å². The minimum Gasteiger partial charge on any atom is -0.361 e. The van der Waals surface area contributed by atoms with E-state index in [4.69, 9.17) is 4.74 Å². The van der Waals surface area contributed by atoms with Crippen molar-refractivity contribution in [2.24, 2.45) is 0 Å². The van der Waals surface area contributed by atoms with Crippen LogP contribution in [0, 0.1) is 0 Å². The summed E-state index contributed by atoms with van der Waals surface area (Å²) in [7, 11) is -4.59. The van der Waals surface area contributed by atoms with E-state index in [0.29, 0.717) is 24.9 Å². The van der Waals surface area contributed by atoms with Crippen molar-refractivity contribution in [2.75, 3.05) is 37.3 Å². The average Bonchev–Trinajstić information content (AvgIpc) is 3.57. The quantitative estimate of drug-likeness (QED) is 0.274. The van der Waals surface area contributed by atoms with Gasteiger partial charge in [0.05, 0.1) is 5.75 Å². The first-order valence-corrected chi connectivity index (χ1v) is 19.5. The molecule has 2 aliphatic carbocycles. The molecule has 10 heteroatoms. The van der Waals surface area contributed by atoms with Crippen LogP contribution < -0.4 is 5.32 Å². The second-order valence-electron chi connectivity index (χ2n) is 11.7. The summed E-state index contributed by atoms with van der Waals surface area (Å²) in [6, 6.07) is 3.46. The number of nitrogens with one attached hydrogen (secondary N) is 1. The van der Waals surface area contributed by atoms with Gasteiger partial charge in [0.25, 0.3) is 0 Å². The Morgan fingerprint density at radius 2 is 1.68 bits per heavy atom. The molecular weight excluding hydrogens is 502 g/mol. The highest BCUT2D eigenvalue weighted by Crippen LogP contribution is 2.39. The molecule has 0 atom stereocenters. The van der Waals surface area contributed by atoms with E-state index >= 15 is 0 Å². The van der Waals surface area contributed by atoms with Crippen LogP contribution in [0.3, 0.4) is 0 Å². The van der Waals surface area contributed by atoms with Crippen molar-refractivity contribution in [1.82, 2.24) is 19.7 Å². The summed E-state index contributed by atoms with van der Waals surface area (Å²) in [5, 5.41) is 12.4. The summed E-state index contributed by atoms with van der Waals surface area (Å²) in [5.74, 6) is 1.00. The fourth-order valence-corrected chi connectivity index (χ4v) is 7.40. The predicted molar refractivity (Wildman–Crippen MR) is 153 cm³/mol. The zero-order chi connectivity index (χ0) is 26.6. The van der Waals surface area contributed by atoms with Gasteiger partial charge in [-0.05, 0) is 79.9 Å². The lowest BCUT2D eigenvalue weighted by Crippen LogP contribution is -2.30. The smallest absolute Gasteiger partial charge is 0.231 e. The topological polar surface area (TPSA) is 89.4 Å². The highest BCUT2D eigenvalue weighted by Gasteiger charge is 2.26. The number of ether oxygens (including phenoxy) is 1. The van der Waals surface area contributed by atoms with Crippen molar-refractivity contribution in [3.8, 4) is 0 Å². The summed E-state index contributed by atoms with van der Waals surface area (Å²) in [5.41, 5.74) is 6.85. The Morgan fingerprint density at radius 1 is 1.03 bits per heavy atom. The Balaban J connectivity index is 1.59. The second kappa shape index (κ2) is 12.0. The van der Waals surface area contributed by atoms with Crippen molar-refractivity contribution in [2.45, 2.75) is 90.5 Å². The standard InChI is InChI=1S/C27H45N5O3SSi/c1-6-31(7-2)14-16-36(33,34)19-25-29-30-27(32(25)20-35-15-17-37(3,4)5)28-26-23-12-8-10-21(23)18-22-11-9-13-24(22)26/h18H,6-17,19-20H2,1-5H3,(H,28,30). The number of anilines is 2. The van der Waals surface area contributed by atoms with Crippen LogP contribution in [0.4, 0.5) is 11.6 Å². The maximum Gasteiger partial charge on any atom is 0.231 e. The molecule has 0 fully saturated rings. The number of hydrogen-bond donors (Lipinski definition) is 1. The zero-order valence-corrected chi connectivity index (χ0v) is 25.2. The van der Waals surface area contributed by atoms with Crippen LogP contribution in [0.2, 0.25) is 25.7 Å². The number of sulfone groups is 1. The van der Waals surface area contributed by atoms with Crippen molar-refractivity contribution in [3.05, 3.63) is 34.1 Å². The first kappa shape index (κ1) is 28.3. The summed E-state index contributed by atoms with van der Waals surface area (Å²) < 4.78 is 34.0. The van der Waals surface area contributed by atoms with Crippen LogP contribution in [0.15, 0.2) is 6.07 Å². The molecule has 2 aliphatic rings. The van der Waals surface area contributed by atoms with Gasteiger partial charge >= 0.3 is 0 Å². The normalized spacial score (nSPS) is 15.4. The lowest BCUT2D eigenvalue weighted by atomic mass is 9.99. The van der Waals surface area contributed by atoms with Gasteiger partial charge < -0.3 is 15.0 Å². The molecule has 1 heterocycles. The monoisotopic (exact) mass is 547 g/mol. The third-order valence-electron chi connectivity index (χ3n) is 7.72. The Morgan fingerprint density at radius 3 is 2.27 bits per heavy atom. The molecular formula is C27H45N5O3SSi. The zero-order valence-electron chi connectivity index (χ0n) is 23.4. The van der Waals surface area contributed by atoms with Crippen LogP contribution in [-0.4, -0.2) is 68.2 Å². The second-order valence-corrected chi connectivity index (χ2v) is 19.5. The fraction of sp³-hybridized carbons (Fsp3) is 0.704. The predicted octanol–water partition coefficient (Wildman–Crippen LogP) is 4.57. The molecule has 37 heavy (non-hydrogen) atoms. The van der Waals surface area contributed by atoms with E-state index in [1.165, 1.54) is 40.8 Å². The van der Waals surface area contributed by atoms with Gasteiger partial charge in [0.15, 0.2) is 15.7 Å². The minimum atomic E-state index is -3.35. The van der Waals surface area contributed by atoms with Crippen LogP contribution in [0.25, 0.3) is 0 Å². The van der Waals surface area contributed by atoms with Crippen LogP contribution in [0.5, 0.6) is 0 Å². The largest absolute Gasteiger partial charge is 0.361 e. The van der Waals surface area contributed by atoms with Gasteiger partial charge in [-0.25, -0.2) is 8.42 Å². The number of hydrogen-bond acceptors (Lipinski definition) is 7. The molecule has 0 saturated carbocycles. The number of aromatic nitrogens is 3. The van der Waals surface area contributed by atoms with Crippen LogP contribution in [-0.2, 0) is 52.7 Å². The molecule has 0 bridgehead atoms. The van der Waals surface area contributed by atoms with Crippen molar-refractivity contribution < 1.29 is 13.2 Å². The van der Waals surface area contributed by atoms with E-state index in [2.05, 4.69) is 60.0 Å². The molecule has 4 rings (SSSR count). The van der Waals surface area contributed by atoms with E-state index in [0.717, 1.165) is 44.8 Å². The summed E-state index contributed by atoms with van der Waals surface area (Å²) >= 11 is 0. The van der Waals surface area contributed by atoms with Crippen molar-refractivity contribution in [3.63, 3.8) is 0 Å². The van der Waals surface area contributed by atoms with E-state index in [9.17, 15) is 8.42 Å². The van der Waals surface area contributed by atoms with Gasteiger partial charge in [0.2, 0.25) is 5.95 Å². The van der Waals surface area contributed by atoms with Gasteiger partial charge in [0.1, 0.15) is 12.5 Å². The third kappa shape index (κ3) is 7.22. The summed E-state index contributed by atoms with van der Waals surface area (Å²) in [4.78, 5) is 2.13. The Kier molecular flexibility index (Phi) is 9.14. The van der Waals surface area contributed by atoms with Gasteiger partial charge in [-0.1, -0.05) is 39.6 Å². The summed E-state index contributed by atoms with van der Waals surface area (Å²) in [6.45, 7) is 14.2. The molecule has 1 aromatic carbocycles. The van der Waals surface area contributed by atoms with E-state index in [1.54, 1.807) is 0 Å². The molecule has 1 aromatic heterocycles. The van der Waals surface area contributed by atoms with Crippen LogP contribution in [0.1, 0.15) is 54.8 Å². The van der Waals surface area contributed by atoms with Crippen molar-refractivity contribution in [1.29, 1.82) is 0 Å². The lowest BCUT2D eigenvalue weighted by Gasteiger charge is -2.19. The molecule has 0 aliphatic heterocycles. The molecule has 0 radical (unpaired) electrons. The molecule has 0 spiro atoms. The maximum absolute atomic E-state index is 13.1. The minimum absolute atomic E-state index is 0.112. The fourth-order valence-electron chi connectivity index (χ4n) is 5.36. The van der Waals surface area contributed by atoms with Gasteiger partial charge in [-0.2, -0.15) is 0 Å². The highest BCUT2D eigenvalue weighted by atomic mass is 32.2. The molecule has 0 amide bonds. The Hall–Kier alpha value is -1.75. The number of nitrogens with zero attached hydrogens (tertiary/aromatic N) is 4. The SMILES string of the molecule is CCN(CC)CCS(=O)(=O)Cc1nnc(Nc2c3c(cc4c2CCC4)CCC3)n1COCC[Si](C)(C)C. The first-order chi connectivity index (χ1) is 17.6. The van der Waals surface area contributed by atoms with Crippen LogP contribution >= 0.6 is 0 Å². The van der Waals surface area contributed by atoms with E-state index in [-0.39, 0.29) is 18.2 Å². The third-order valence-corrected chi connectivity index (χ3v) is 10.9. The maximum atomic E-state index is 13.1. The van der Waals surface area contributed by atoms with E-state index < -0.39 is 17.9 Å². The van der Waals surface area contributed by atoms with Gasteiger partial charge in [-0.3, -0.25) is 4.57 Å².